The minimum atomic E-state index is -0.255. The normalized spacial score (nSPS) is 9.59. The summed E-state index contributed by atoms with van der Waals surface area (Å²) in [4.78, 5) is 12.4. The number of anilines is 2. The first-order valence-corrected chi connectivity index (χ1v) is 5.68. The van der Waals surface area contributed by atoms with Crippen molar-refractivity contribution in [3.05, 3.63) is 46.8 Å². The van der Waals surface area contributed by atoms with Crippen molar-refractivity contribution in [3.63, 3.8) is 0 Å². The SMILES string of the molecule is N#Cc1ccccc1NC(=O)c1ccc(N)s1. The van der Waals surface area contributed by atoms with E-state index in [0.717, 1.165) is 0 Å². The van der Waals surface area contributed by atoms with E-state index in [1.165, 1.54) is 11.3 Å². The van der Waals surface area contributed by atoms with Crippen LogP contribution < -0.4 is 11.1 Å². The van der Waals surface area contributed by atoms with Crippen molar-refractivity contribution in [1.82, 2.24) is 0 Å². The molecule has 0 aliphatic heterocycles. The molecular formula is C12H9N3OS. The number of thiophene rings is 1. The number of rotatable bonds is 2. The van der Waals surface area contributed by atoms with Gasteiger partial charge in [-0.2, -0.15) is 5.26 Å². The molecule has 2 rings (SSSR count). The van der Waals surface area contributed by atoms with Gasteiger partial charge >= 0.3 is 0 Å². The van der Waals surface area contributed by atoms with Gasteiger partial charge in [0.1, 0.15) is 6.07 Å². The van der Waals surface area contributed by atoms with Gasteiger partial charge in [0.25, 0.3) is 5.91 Å². The van der Waals surface area contributed by atoms with Crippen LogP contribution in [0, 0.1) is 11.3 Å². The molecular weight excluding hydrogens is 234 g/mol. The van der Waals surface area contributed by atoms with Gasteiger partial charge in [-0.3, -0.25) is 4.79 Å². The fraction of sp³-hybridized carbons (Fsp3) is 0. The van der Waals surface area contributed by atoms with E-state index in [1.807, 2.05) is 6.07 Å². The van der Waals surface area contributed by atoms with Crippen LogP contribution in [-0.2, 0) is 0 Å². The smallest absolute Gasteiger partial charge is 0.265 e. The summed E-state index contributed by atoms with van der Waals surface area (Å²) in [6.45, 7) is 0. The highest BCUT2D eigenvalue weighted by Crippen LogP contribution is 2.20. The second-order valence-electron chi connectivity index (χ2n) is 3.31. The fourth-order valence-corrected chi connectivity index (χ4v) is 2.02. The van der Waals surface area contributed by atoms with Gasteiger partial charge < -0.3 is 11.1 Å². The molecule has 84 valence electrons. The highest BCUT2D eigenvalue weighted by molar-refractivity contribution is 7.17. The van der Waals surface area contributed by atoms with Gasteiger partial charge in [0.05, 0.1) is 21.1 Å². The molecule has 4 nitrogen and oxygen atoms in total. The predicted octanol–water partition coefficient (Wildman–Crippen LogP) is 2.45. The Hall–Kier alpha value is -2.32. The van der Waals surface area contributed by atoms with Crippen LogP contribution in [0.25, 0.3) is 0 Å². The molecule has 0 saturated carbocycles. The van der Waals surface area contributed by atoms with Crippen LogP contribution in [0.2, 0.25) is 0 Å². The fourth-order valence-electron chi connectivity index (χ4n) is 1.35. The molecule has 2 aromatic rings. The number of hydrogen-bond donors (Lipinski definition) is 2. The van der Waals surface area contributed by atoms with E-state index < -0.39 is 0 Å². The number of carbonyl (C=O) groups excluding carboxylic acids is 1. The first-order chi connectivity index (χ1) is 8.20. The average molecular weight is 243 g/mol. The average Bonchev–Trinajstić information content (AvgIpc) is 2.77. The molecule has 0 saturated heterocycles. The monoisotopic (exact) mass is 243 g/mol. The Morgan fingerprint density at radius 1 is 1.29 bits per heavy atom. The van der Waals surface area contributed by atoms with E-state index in [4.69, 9.17) is 11.0 Å². The van der Waals surface area contributed by atoms with Crippen molar-refractivity contribution in [3.8, 4) is 6.07 Å². The van der Waals surface area contributed by atoms with Gasteiger partial charge in [0.15, 0.2) is 0 Å². The maximum atomic E-state index is 11.8. The zero-order valence-corrected chi connectivity index (χ0v) is 9.62. The number of para-hydroxylation sites is 1. The predicted molar refractivity (Wildman–Crippen MR) is 67.8 cm³/mol. The summed E-state index contributed by atoms with van der Waals surface area (Å²) in [7, 11) is 0. The quantitative estimate of drug-likeness (QED) is 0.850. The molecule has 0 aliphatic rings. The van der Waals surface area contributed by atoms with Gasteiger partial charge in [-0.25, -0.2) is 0 Å². The number of nitrogens with one attached hydrogen (secondary N) is 1. The molecule has 0 aliphatic carbocycles. The third-order valence-electron chi connectivity index (χ3n) is 2.15. The molecule has 0 atom stereocenters. The molecule has 1 aromatic carbocycles. The zero-order chi connectivity index (χ0) is 12.3. The maximum absolute atomic E-state index is 11.8. The van der Waals surface area contributed by atoms with Crippen LogP contribution in [0.4, 0.5) is 10.7 Å². The van der Waals surface area contributed by atoms with E-state index in [2.05, 4.69) is 5.32 Å². The summed E-state index contributed by atoms with van der Waals surface area (Å²) < 4.78 is 0. The molecule has 17 heavy (non-hydrogen) atoms. The van der Waals surface area contributed by atoms with E-state index in [9.17, 15) is 4.79 Å². The van der Waals surface area contributed by atoms with Crippen molar-refractivity contribution in [1.29, 1.82) is 5.26 Å². The standard InChI is InChI=1S/C12H9N3OS/c13-7-8-3-1-2-4-9(8)15-12(16)10-5-6-11(14)17-10/h1-6H,14H2,(H,15,16). The summed E-state index contributed by atoms with van der Waals surface area (Å²) in [5, 5.41) is 12.2. The first-order valence-electron chi connectivity index (χ1n) is 4.86. The Bertz CT molecular complexity index is 598. The second kappa shape index (κ2) is 4.68. The molecule has 0 spiro atoms. The number of nitrogens with two attached hydrogens (primary N) is 1. The van der Waals surface area contributed by atoms with Crippen molar-refractivity contribution in [2.75, 3.05) is 11.1 Å². The van der Waals surface area contributed by atoms with Gasteiger partial charge in [0.2, 0.25) is 0 Å². The number of amides is 1. The molecule has 1 aromatic heterocycles. The van der Waals surface area contributed by atoms with Crippen LogP contribution in [0.3, 0.4) is 0 Å². The van der Waals surface area contributed by atoms with Gasteiger partial charge in [0, 0.05) is 0 Å². The Morgan fingerprint density at radius 2 is 2.06 bits per heavy atom. The number of nitriles is 1. The summed E-state index contributed by atoms with van der Waals surface area (Å²) in [6, 6.07) is 12.2. The number of nitrogens with zero attached hydrogens (tertiary/aromatic N) is 1. The lowest BCUT2D eigenvalue weighted by Crippen LogP contribution is -2.11. The van der Waals surface area contributed by atoms with E-state index in [1.54, 1.807) is 36.4 Å². The number of nitrogen functional groups attached to an aromatic ring is 1. The minimum Gasteiger partial charge on any atom is -0.391 e. The molecule has 0 bridgehead atoms. The summed E-state index contributed by atoms with van der Waals surface area (Å²) in [6.07, 6.45) is 0. The molecule has 0 radical (unpaired) electrons. The van der Waals surface area contributed by atoms with E-state index >= 15 is 0 Å². The van der Waals surface area contributed by atoms with Crippen molar-refractivity contribution >= 4 is 27.9 Å². The summed E-state index contributed by atoms with van der Waals surface area (Å²) in [5.41, 5.74) is 6.49. The zero-order valence-electron chi connectivity index (χ0n) is 8.81. The second-order valence-corrected chi connectivity index (χ2v) is 4.43. The summed E-state index contributed by atoms with van der Waals surface area (Å²) in [5.74, 6) is -0.255. The van der Waals surface area contributed by atoms with Crippen LogP contribution in [0.15, 0.2) is 36.4 Å². The topological polar surface area (TPSA) is 78.9 Å². The number of benzene rings is 1. The molecule has 3 N–H and O–H groups in total. The molecule has 1 amide bonds. The van der Waals surface area contributed by atoms with Crippen LogP contribution in [0.5, 0.6) is 0 Å². The number of carbonyl (C=O) groups is 1. The Labute approximate surface area is 102 Å². The van der Waals surface area contributed by atoms with Crippen LogP contribution in [-0.4, -0.2) is 5.91 Å². The van der Waals surface area contributed by atoms with Crippen molar-refractivity contribution in [2.24, 2.45) is 0 Å². The third kappa shape index (κ3) is 2.44. The van der Waals surface area contributed by atoms with E-state index in [-0.39, 0.29) is 5.91 Å². The lowest BCUT2D eigenvalue weighted by atomic mass is 10.2. The van der Waals surface area contributed by atoms with Crippen LogP contribution >= 0.6 is 11.3 Å². The van der Waals surface area contributed by atoms with Gasteiger partial charge in [-0.1, -0.05) is 12.1 Å². The maximum Gasteiger partial charge on any atom is 0.265 e. The first kappa shape index (κ1) is 11.2. The highest BCUT2D eigenvalue weighted by Gasteiger charge is 2.10. The largest absolute Gasteiger partial charge is 0.391 e. The lowest BCUT2D eigenvalue weighted by molar-refractivity contribution is 0.103. The molecule has 0 unspecified atom stereocenters. The molecule has 5 heteroatoms. The Morgan fingerprint density at radius 3 is 2.71 bits per heavy atom. The Kier molecular flexibility index (Phi) is 3.08. The van der Waals surface area contributed by atoms with Crippen LogP contribution in [0.1, 0.15) is 15.2 Å². The van der Waals surface area contributed by atoms with E-state index in [0.29, 0.717) is 21.1 Å². The highest BCUT2D eigenvalue weighted by atomic mass is 32.1. The van der Waals surface area contributed by atoms with Crippen molar-refractivity contribution < 1.29 is 4.79 Å². The molecule has 1 heterocycles. The third-order valence-corrected chi connectivity index (χ3v) is 3.06. The van der Waals surface area contributed by atoms with Gasteiger partial charge in [-0.05, 0) is 24.3 Å². The Balaban J connectivity index is 2.22. The lowest BCUT2D eigenvalue weighted by Gasteiger charge is -2.04. The number of hydrogen-bond acceptors (Lipinski definition) is 4. The molecule has 0 fully saturated rings. The summed E-state index contributed by atoms with van der Waals surface area (Å²) >= 11 is 1.21. The van der Waals surface area contributed by atoms with Crippen molar-refractivity contribution in [2.45, 2.75) is 0 Å². The minimum absolute atomic E-state index is 0.255. The van der Waals surface area contributed by atoms with Gasteiger partial charge in [-0.15, -0.1) is 11.3 Å².